The van der Waals surface area contributed by atoms with E-state index in [9.17, 15) is 9.59 Å². The number of ether oxygens (including phenoxy) is 2. The first-order valence-electron chi connectivity index (χ1n) is 9.45. The highest BCUT2D eigenvalue weighted by molar-refractivity contribution is 5.97. The van der Waals surface area contributed by atoms with Crippen LogP contribution in [0.15, 0.2) is 36.5 Å². The number of para-hydroxylation sites is 1. The molecule has 3 rings (SSSR count). The van der Waals surface area contributed by atoms with Crippen molar-refractivity contribution in [2.24, 2.45) is 13.0 Å². The quantitative estimate of drug-likeness (QED) is 0.828. The zero-order valence-electron chi connectivity index (χ0n) is 16.6. The van der Waals surface area contributed by atoms with Gasteiger partial charge in [0.25, 0.3) is 11.8 Å². The van der Waals surface area contributed by atoms with Crippen LogP contribution in [-0.2, 0) is 7.05 Å². The van der Waals surface area contributed by atoms with Crippen LogP contribution >= 0.6 is 0 Å². The molecule has 0 saturated carbocycles. The summed E-state index contributed by atoms with van der Waals surface area (Å²) in [4.78, 5) is 27.3. The molecule has 7 nitrogen and oxygen atoms in total. The lowest BCUT2D eigenvalue weighted by atomic mass is 9.97. The number of amides is 2. The number of hydrogen-bond donors (Lipinski definition) is 1. The molecule has 1 unspecified atom stereocenters. The van der Waals surface area contributed by atoms with Crippen molar-refractivity contribution in [3.8, 4) is 11.5 Å². The molecule has 7 heteroatoms. The maximum Gasteiger partial charge on any atom is 0.270 e. The molecule has 0 radical (unpaired) electrons. The lowest BCUT2D eigenvalue weighted by molar-refractivity contribution is 0.0661. The molecule has 1 fully saturated rings. The van der Waals surface area contributed by atoms with Gasteiger partial charge in [0, 0.05) is 32.9 Å². The minimum atomic E-state index is -0.207. The maximum absolute atomic E-state index is 12.7. The number of hydrogen-bond acceptors (Lipinski definition) is 4. The van der Waals surface area contributed by atoms with Crippen LogP contribution in [0.1, 0.15) is 33.7 Å². The number of rotatable bonds is 6. The number of carbonyl (C=O) groups excluding carboxylic acids is 2. The molecule has 1 saturated heterocycles. The Morgan fingerprint density at radius 1 is 1.18 bits per heavy atom. The van der Waals surface area contributed by atoms with Crippen molar-refractivity contribution in [1.29, 1.82) is 0 Å². The Kier molecular flexibility index (Phi) is 6.23. The Bertz CT molecular complexity index is 846. The summed E-state index contributed by atoms with van der Waals surface area (Å²) in [5.74, 6) is 0.997. The van der Waals surface area contributed by atoms with E-state index in [1.54, 1.807) is 25.3 Å². The summed E-state index contributed by atoms with van der Waals surface area (Å²) in [6.07, 6.45) is 3.78. The second kappa shape index (κ2) is 8.82. The number of aromatic nitrogens is 1. The Hall–Kier alpha value is -2.96. The van der Waals surface area contributed by atoms with Gasteiger partial charge in [-0.05, 0) is 43.0 Å². The summed E-state index contributed by atoms with van der Waals surface area (Å²) >= 11 is 0. The molecule has 1 aliphatic rings. The van der Waals surface area contributed by atoms with Gasteiger partial charge < -0.3 is 24.3 Å². The summed E-state index contributed by atoms with van der Waals surface area (Å²) in [5.41, 5.74) is 1.13. The number of carbonyl (C=O) groups is 2. The standard InChI is InChI=1S/C21H27N3O4/c1-23-11-6-9-17(23)21(26)24-12-5-7-15(14-24)13-22-20(25)16-8-4-10-18(27-2)19(16)28-3/h4,6,8-11,15H,5,7,12-14H2,1-3H3,(H,22,25). The van der Waals surface area contributed by atoms with Crippen molar-refractivity contribution in [2.75, 3.05) is 33.9 Å². The van der Waals surface area contributed by atoms with Gasteiger partial charge in [-0.3, -0.25) is 9.59 Å². The van der Waals surface area contributed by atoms with Gasteiger partial charge in [0.1, 0.15) is 5.69 Å². The Morgan fingerprint density at radius 3 is 2.68 bits per heavy atom. The number of benzene rings is 1. The highest BCUT2D eigenvalue weighted by Crippen LogP contribution is 2.30. The van der Waals surface area contributed by atoms with Crippen molar-refractivity contribution in [2.45, 2.75) is 12.8 Å². The monoisotopic (exact) mass is 385 g/mol. The fraction of sp³-hybridized carbons (Fsp3) is 0.429. The molecule has 0 aliphatic carbocycles. The highest BCUT2D eigenvalue weighted by Gasteiger charge is 2.26. The molecule has 2 aromatic rings. The van der Waals surface area contributed by atoms with Crippen molar-refractivity contribution < 1.29 is 19.1 Å². The molecule has 2 amide bonds. The zero-order valence-corrected chi connectivity index (χ0v) is 16.6. The maximum atomic E-state index is 12.7. The lowest BCUT2D eigenvalue weighted by Gasteiger charge is -2.33. The van der Waals surface area contributed by atoms with E-state index >= 15 is 0 Å². The summed E-state index contributed by atoms with van der Waals surface area (Å²) in [6, 6.07) is 8.93. The fourth-order valence-electron chi connectivity index (χ4n) is 3.66. The van der Waals surface area contributed by atoms with E-state index in [0.717, 1.165) is 19.4 Å². The normalized spacial score (nSPS) is 16.5. The van der Waals surface area contributed by atoms with Crippen molar-refractivity contribution in [3.63, 3.8) is 0 Å². The van der Waals surface area contributed by atoms with Crippen molar-refractivity contribution in [3.05, 3.63) is 47.8 Å². The first-order valence-corrected chi connectivity index (χ1v) is 9.45. The van der Waals surface area contributed by atoms with Crippen LogP contribution in [-0.4, -0.2) is 55.1 Å². The molecule has 28 heavy (non-hydrogen) atoms. The third-order valence-electron chi connectivity index (χ3n) is 5.17. The molecule has 0 bridgehead atoms. The molecular weight excluding hydrogens is 358 g/mol. The molecule has 1 aromatic heterocycles. The number of piperidine rings is 1. The smallest absolute Gasteiger partial charge is 0.270 e. The van der Waals surface area contributed by atoms with Gasteiger partial charge in [0.15, 0.2) is 11.5 Å². The van der Waals surface area contributed by atoms with Gasteiger partial charge in [0.2, 0.25) is 0 Å². The van der Waals surface area contributed by atoms with Crippen molar-refractivity contribution in [1.82, 2.24) is 14.8 Å². The summed E-state index contributed by atoms with van der Waals surface area (Å²) in [6.45, 7) is 1.90. The summed E-state index contributed by atoms with van der Waals surface area (Å²) in [7, 11) is 4.93. The second-order valence-electron chi connectivity index (χ2n) is 7.01. The number of likely N-dealkylation sites (tertiary alicyclic amines) is 1. The van der Waals surface area contributed by atoms with Crippen LogP contribution in [0.3, 0.4) is 0 Å². The third kappa shape index (κ3) is 4.13. The molecular formula is C21H27N3O4. The molecule has 1 N–H and O–H groups in total. The minimum absolute atomic E-state index is 0.0398. The molecule has 2 heterocycles. The van der Waals surface area contributed by atoms with Crippen LogP contribution in [0, 0.1) is 5.92 Å². The van der Waals surface area contributed by atoms with E-state index in [1.165, 1.54) is 7.11 Å². The average molecular weight is 385 g/mol. The first kappa shape index (κ1) is 19.8. The van der Waals surface area contributed by atoms with E-state index in [4.69, 9.17) is 9.47 Å². The van der Waals surface area contributed by atoms with Gasteiger partial charge >= 0.3 is 0 Å². The number of aryl methyl sites for hydroxylation is 1. The molecule has 1 aromatic carbocycles. The highest BCUT2D eigenvalue weighted by atomic mass is 16.5. The van der Waals surface area contributed by atoms with Crippen molar-refractivity contribution >= 4 is 11.8 Å². The van der Waals surface area contributed by atoms with Gasteiger partial charge in [-0.15, -0.1) is 0 Å². The van der Waals surface area contributed by atoms with Gasteiger partial charge in [0.05, 0.1) is 19.8 Å². The van der Waals surface area contributed by atoms with E-state index in [1.807, 2.05) is 34.8 Å². The minimum Gasteiger partial charge on any atom is -0.493 e. The SMILES string of the molecule is COc1cccc(C(=O)NCC2CCCN(C(=O)c3cccn3C)C2)c1OC. The van der Waals surface area contributed by atoms with Crippen LogP contribution in [0.2, 0.25) is 0 Å². The first-order chi connectivity index (χ1) is 13.5. The Labute approximate surface area is 165 Å². The molecule has 1 aliphatic heterocycles. The van der Waals surface area contributed by atoms with Crippen LogP contribution < -0.4 is 14.8 Å². The predicted octanol–water partition coefficient (Wildman–Crippen LogP) is 2.32. The van der Waals surface area contributed by atoms with Gasteiger partial charge in [-0.1, -0.05) is 6.07 Å². The largest absolute Gasteiger partial charge is 0.493 e. The fourth-order valence-corrected chi connectivity index (χ4v) is 3.66. The Morgan fingerprint density at radius 2 is 2.00 bits per heavy atom. The van der Waals surface area contributed by atoms with Gasteiger partial charge in [-0.2, -0.15) is 0 Å². The van der Waals surface area contributed by atoms with E-state index in [-0.39, 0.29) is 17.7 Å². The summed E-state index contributed by atoms with van der Waals surface area (Å²) in [5, 5.41) is 2.98. The number of nitrogens with zero attached hydrogens (tertiary/aromatic N) is 2. The van der Waals surface area contributed by atoms with E-state index in [0.29, 0.717) is 35.8 Å². The average Bonchev–Trinajstić information content (AvgIpc) is 3.16. The van der Waals surface area contributed by atoms with Crippen LogP contribution in [0.25, 0.3) is 0 Å². The molecule has 0 spiro atoms. The van der Waals surface area contributed by atoms with Crippen LogP contribution in [0.5, 0.6) is 11.5 Å². The molecule has 1 atom stereocenters. The van der Waals surface area contributed by atoms with Gasteiger partial charge in [-0.25, -0.2) is 0 Å². The summed E-state index contributed by atoms with van der Waals surface area (Å²) < 4.78 is 12.4. The number of methoxy groups -OCH3 is 2. The number of nitrogens with one attached hydrogen (secondary N) is 1. The van der Waals surface area contributed by atoms with E-state index in [2.05, 4.69) is 5.32 Å². The molecule has 150 valence electrons. The predicted molar refractivity (Wildman–Crippen MR) is 106 cm³/mol. The lowest BCUT2D eigenvalue weighted by Crippen LogP contribution is -2.44. The Balaban J connectivity index is 1.61. The zero-order chi connectivity index (χ0) is 20.1. The van der Waals surface area contributed by atoms with Crippen LogP contribution in [0.4, 0.5) is 0 Å². The third-order valence-corrected chi connectivity index (χ3v) is 5.17. The topological polar surface area (TPSA) is 72.8 Å². The second-order valence-corrected chi connectivity index (χ2v) is 7.01. The van der Waals surface area contributed by atoms with E-state index < -0.39 is 0 Å².